The van der Waals surface area contributed by atoms with Gasteiger partial charge in [-0.25, -0.2) is 4.39 Å². The van der Waals surface area contributed by atoms with Gasteiger partial charge < -0.3 is 5.11 Å². The number of benzene rings is 1. The molecule has 0 radical (unpaired) electrons. The number of aromatic nitrogens is 2. The summed E-state index contributed by atoms with van der Waals surface area (Å²) in [4.78, 5) is 0. The van der Waals surface area contributed by atoms with E-state index in [4.69, 9.17) is 0 Å². The zero-order valence-corrected chi connectivity index (χ0v) is 10.6. The standard InChI is InChI=1S/C14H15FN2O/c1-8-4-5-11(15)7-12(8)14(18)13-6-9(2)16-17-10(13)3/h4-7,14,18H,1-3H3. The molecule has 0 amide bonds. The predicted molar refractivity (Wildman–Crippen MR) is 66.7 cm³/mol. The topological polar surface area (TPSA) is 46.0 Å². The van der Waals surface area contributed by atoms with Crippen molar-refractivity contribution >= 4 is 0 Å². The van der Waals surface area contributed by atoms with E-state index in [1.807, 2.05) is 6.92 Å². The lowest BCUT2D eigenvalue weighted by Crippen LogP contribution is -2.07. The van der Waals surface area contributed by atoms with E-state index in [9.17, 15) is 9.50 Å². The Kier molecular flexibility index (Phi) is 3.39. The Morgan fingerprint density at radius 3 is 2.50 bits per heavy atom. The highest BCUT2D eigenvalue weighted by Crippen LogP contribution is 2.27. The van der Waals surface area contributed by atoms with Crippen molar-refractivity contribution in [1.29, 1.82) is 0 Å². The summed E-state index contributed by atoms with van der Waals surface area (Å²) in [6.45, 7) is 5.43. The van der Waals surface area contributed by atoms with E-state index in [1.165, 1.54) is 12.1 Å². The van der Waals surface area contributed by atoms with E-state index in [0.29, 0.717) is 16.8 Å². The van der Waals surface area contributed by atoms with Crippen LogP contribution in [0.4, 0.5) is 4.39 Å². The van der Waals surface area contributed by atoms with E-state index in [2.05, 4.69) is 10.2 Å². The van der Waals surface area contributed by atoms with E-state index in [0.717, 1.165) is 11.3 Å². The molecule has 0 bridgehead atoms. The van der Waals surface area contributed by atoms with Gasteiger partial charge in [-0.15, -0.1) is 0 Å². The average Bonchev–Trinajstić information content (AvgIpc) is 2.34. The quantitative estimate of drug-likeness (QED) is 0.886. The third kappa shape index (κ3) is 2.38. The summed E-state index contributed by atoms with van der Waals surface area (Å²) in [6.07, 6.45) is -0.880. The second-order valence-electron chi connectivity index (χ2n) is 4.43. The number of hydrogen-bond donors (Lipinski definition) is 1. The van der Waals surface area contributed by atoms with Crippen LogP contribution in [0.5, 0.6) is 0 Å². The van der Waals surface area contributed by atoms with Crippen molar-refractivity contribution in [3.63, 3.8) is 0 Å². The van der Waals surface area contributed by atoms with Crippen molar-refractivity contribution < 1.29 is 9.50 Å². The van der Waals surface area contributed by atoms with Crippen LogP contribution in [0.2, 0.25) is 0 Å². The van der Waals surface area contributed by atoms with Crippen LogP contribution in [-0.2, 0) is 0 Å². The van der Waals surface area contributed by atoms with E-state index in [1.54, 1.807) is 26.0 Å². The fourth-order valence-corrected chi connectivity index (χ4v) is 1.92. The highest BCUT2D eigenvalue weighted by Gasteiger charge is 2.17. The molecule has 0 fully saturated rings. The van der Waals surface area contributed by atoms with Gasteiger partial charge in [-0.05, 0) is 50.1 Å². The first-order chi connectivity index (χ1) is 8.49. The maximum atomic E-state index is 13.3. The van der Waals surface area contributed by atoms with Gasteiger partial charge in [-0.2, -0.15) is 10.2 Å². The summed E-state index contributed by atoms with van der Waals surface area (Å²) >= 11 is 0. The first-order valence-electron chi connectivity index (χ1n) is 5.74. The monoisotopic (exact) mass is 246 g/mol. The first kappa shape index (κ1) is 12.6. The lowest BCUT2D eigenvalue weighted by Gasteiger charge is -2.16. The van der Waals surface area contributed by atoms with Crippen molar-refractivity contribution in [3.05, 3.63) is 58.2 Å². The normalized spacial score (nSPS) is 12.5. The minimum atomic E-state index is -0.880. The van der Waals surface area contributed by atoms with Gasteiger partial charge in [0.05, 0.1) is 11.4 Å². The number of aliphatic hydroxyl groups excluding tert-OH is 1. The van der Waals surface area contributed by atoms with Crippen LogP contribution in [0.3, 0.4) is 0 Å². The molecule has 0 aliphatic carbocycles. The lowest BCUT2D eigenvalue weighted by atomic mass is 9.96. The molecule has 94 valence electrons. The van der Waals surface area contributed by atoms with Crippen LogP contribution in [-0.4, -0.2) is 15.3 Å². The molecule has 1 aromatic carbocycles. The smallest absolute Gasteiger partial charge is 0.123 e. The molecule has 2 aromatic rings. The number of halogens is 1. The summed E-state index contributed by atoms with van der Waals surface area (Å²) in [5.74, 6) is -0.356. The molecule has 0 saturated heterocycles. The molecule has 0 aliphatic rings. The minimum Gasteiger partial charge on any atom is -0.384 e. The van der Waals surface area contributed by atoms with Crippen molar-refractivity contribution in [1.82, 2.24) is 10.2 Å². The molecule has 4 heteroatoms. The Morgan fingerprint density at radius 2 is 1.78 bits per heavy atom. The summed E-state index contributed by atoms with van der Waals surface area (Å²) in [7, 11) is 0. The van der Waals surface area contributed by atoms with Crippen molar-refractivity contribution in [2.75, 3.05) is 0 Å². The van der Waals surface area contributed by atoms with Crippen molar-refractivity contribution in [3.8, 4) is 0 Å². The molecule has 1 atom stereocenters. The molecule has 1 heterocycles. The Morgan fingerprint density at radius 1 is 1.06 bits per heavy atom. The predicted octanol–water partition coefficient (Wildman–Crippen LogP) is 2.62. The SMILES string of the molecule is Cc1cc(C(O)c2cc(F)ccc2C)c(C)nn1. The summed E-state index contributed by atoms with van der Waals surface area (Å²) < 4.78 is 13.3. The van der Waals surface area contributed by atoms with Crippen LogP contribution < -0.4 is 0 Å². The van der Waals surface area contributed by atoms with Gasteiger partial charge in [-0.3, -0.25) is 0 Å². The molecule has 3 nitrogen and oxygen atoms in total. The zero-order valence-electron chi connectivity index (χ0n) is 10.6. The highest BCUT2D eigenvalue weighted by atomic mass is 19.1. The van der Waals surface area contributed by atoms with Gasteiger partial charge in [0, 0.05) is 5.56 Å². The summed E-state index contributed by atoms with van der Waals surface area (Å²) in [5.41, 5.74) is 3.44. The van der Waals surface area contributed by atoms with Crippen molar-refractivity contribution in [2.45, 2.75) is 26.9 Å². The molecule has 0 spiro atoms. The molecular formula is C14H15FN2O. The molecule has 0 saturated carbocycles. The van der Waals surface area contributed by atoms with Gasteiger partial charge >= 0.3 is 0 Å². The van der Waals surface area contributed by atoms with Crippen LogP contribution in [0, 0.1) is 26.6 Å². The fourth-order valence-electron chi connectivity index (χ4n) is 1.92. The minimum absolute atomic E-state index is 0.356. The first-order valence-corrected chi connectivity index (χ1v) is 5.74. The molecule has 0 aliphatic heterocycles. The third-order valence-corrected chi connectivity index (χ3v) is 2.97. The Labute approximate surface area is 105 Å². The van der Waals surface area contributed by atoms with Gasteiger partial charge in [0.25, 0.3) is 0 Å². The molecule has 1 aromatic heterocycles. The second kappa shape index (κ2) is 4.82. The van der Waals surface area contributed by atoms with Gasteiger partial charge in [-0.1, -0.05) is 6.07 Å². The van der Waals surface area contributed by atoms with E-state index in [-0.39, 0.29) is 5.82 Å². The zero-order chi connectivity index (χ0) is 13.3. The Hall–Kier alpha value is -1.81. The van der Waals surface area contributed by atoms with E-state index < -0.39 is 6.10 Å². The van der Waals surface area contributed by atoms with Crippen LogP contribution in [0.1, 0.15) is 34.2 Å². The summed E-state index contributed by atoms with van der Waals surface area (Å²) in [5, 5.41) is 18.3. The van der Waals surface area contributed by atoms with Crippen molar-refractivity contribution in [2.24, 2.45) is 0 Å². The molecule has 18 heavy (non-hydrogen) atoms. The highest BCUT2D eigenvalue weighted by molar-refractivity contribution is 5.37. The molecule has 2 rings (SSSR count). The van der Waals surface area contributed by atoms with Crippen LogP contribution in [0.15, 0.2) is 24.3 Å². The lowest BCUT2D eigenvalue weighted by molar-refractivity contribution is 0.217. The average molecular weight is 246 g/mol. The van der Waals surface area contributed by atoms with Gasteiger partial charge in [0.15, 0.2) is 0 Å². The fraction of sp³-hybridized carbons (Fsp3) is 0.286. The molecular weight excluding hydrogens is 231 g/mol. The number of aryl methyl sites for hydroxylation is 3. The number of hydrogen-bond acceptors (Lipinski definition) is 3. The van der Waals surface area contributed by atoms with Gasteiger partial charge in [0.2, 0.25) is 0 Å². The number of aliphatic hydroxyl groups is 1. The third-order valence-electron chi connectivity index (χ3n) is 2.97. The maximum absolute atomic E-state index is 13.3. The number of nitrogens with zero attached hydrogens (tertiary/aromatic N) is 2. The van der Waals surface area contributed by atoms with Crippen LogP contribution >= 0.6 is 0 Å². The molecule has 1 N–H and O–H groups in total. The maximum Gasteiger partial charge on any atom is 0.123 e. The largest absolute Gasteiger partial charge is 0.384 e. The Balaban J connectivity index is 2.50. The Bertz CT molecular complexity index is 533. The van der Waals surface area contributed by atoms with Gasteiger partial charge in [0.1, 0.15) is 11.9 Å². The molecule has 1 unspecified atom stereocenters. The summed E-state index contributed by atoms with van der Waals surface area (Å²) in [6, 6.07) is 6.17. The number of rotatable bonds is 2. The second-order valence-corrected chi connectivity index (χ2v) is 4.43. The van der Waals surface area contributed by atoms with Crippen LogP contribution in [0.25, 0.3) is 0 Å². The van der Waals surface area contributed by atoms with E-state index >= 15 is 0 Å².